The summed E-state index contributed by atoms with van der Waals surface area (Å²) in [4.78, 5) is 2.34. The van der Waals surface area contributed by atoms with Gasteiger partial charge in [-0.2, -0.15) is 0 Å². The number of rotatable bonds is 11. The van der Waals surface area contributed by atoms with Crippen LogP contribution in [0.25, 0.3) is 0 Å². The molecule has 0 radical (unpaired) electrons. The second-order valence-electron chi connectivity index (χ2n) is 7.74. The summed E-state index contributed by atoms with van der Waals surface area (Å²) in [6.45, 7) is 5.15. The molecule has 0 aliphatic carbocycles. The smallest absolute Gasteiger partial charge is 0.119 e. The van der Waals surface area contributed by atoms with Crippen molar-refractivity contribution in [2.45, 2.75) is 44.8 Å². The first-order valence-corrected chi connectivity index (χ1v) is 10.7. The highest BCUT2D eigenvalue weighted by atomic mass is 16.5. The van der Waals surface area contributed by atoms with Crippen molar-refractivity contribution in [1.29, 1.82) is 0 Å². The van der Waals surface area contributed by atoms with Crippen LogP contribution < -0.4 is 10.1 Å². The number of likely N-dealkylation sites (tertiary alicyclic amines) is 1. The molecule has 2 aromatic carbocycles. The van der Waals surface area contributed by atoms with Crippen LogP contribution in [0.3, 0.4) is 0 Å². The highest BCUT2D eigenvalue weighted by Gasteiger charge is 2.14. The van der Waals surface area contributed by atoms with Crippen LogP contribution in [-0.4, -0.2) is 48.9 Å². The Balaban J connectivity index is 1.28. The lowest BCUT2D eigenvalue weighted by atomic mass is 10.1. The molecule has 2 N–H and O–H groups in total. The first-order chi connectivity index (χ1) is 13.8. The van der Waals surface area contributed by atoms with Crippen LogP contribution in [0.4, 0.5) is 0 Å². The predicted octanol–water partition coefficient (Wildman–Crippen LogP) is 3.63. The molecule has 3 rings (SSSR count). The van der Waals surface area contributed by atoms with Crippen LogP contribution in [0.1, 0.15) is 36.8 Å². The molecule has 28 heavy (non-hydrogen) atoms. The number of hydrogen-bond donors (Lipinski definition) is 2. The number of aliphatic hydroxyl groups is 1. The zero-order chi connectivity index (χ0) is 19.4. The van der Waals surface area contributed by atoms with E-state index in [9.17, 15) is 5.11 Å². The van der Waals surface area contributed by atoms with E-state index in [0.29, 0.717) is 13.2 Å². The average Bonchev–Trinajstić information content (AvgIpc) is 2.74. The number of nitrogens with zero attached hydrogens (tertiary/aromatic N) is 1. The van der Waals surface area contributed by atoms with E-state index in [4.69, 9.17) is 4.74 Å². The number of aliphatic hydroxyl groups excluding tert-OH is 1. The molecular weight excluding hydrogens is 348 g/mol. The molecule has 1 saturated heterocycles. The Morgan fingerprint density at radius 1 is 0.929 bits per heavy atom. The molecule has 4 heteroatoms. The van der Waals surface area contributed by atoms with E-state index in [1.807, 2.05) is 12.1 Å². The van der Waals surface area contributed by atoms with Gasteiger partial charge in [-0.15, -0.1) is 0 Å². The molecule has 0 spiro atoms. The fourth-order valence-corrected chi connectivity index (χ4v) is 3.68. The summed E-state index contributed by atoms with van der Waals surface area (Å²) in [6.07, 6.45) is 5.63. The van der Waals surface area contributed by atoms with Crippen molar-refractivity contribution in [3.8, 4) is 5.75 Å². The number of benzene rings is 2. The van der Waals surface area contributed by atoms with Crippen LogP contribution >= 0.6 is 0 Å². The van der Waals surface area contributed by atoms with E-state index in [1.54, 1.807) is 0 Å². The van der Waals surface area contributed by atoms with Crippen LogP contribution in [0.5, 0.6) is 5.75 Å². The molecule has 1 atom stereocenters. The Bertz CT molecular complexity index is 654. The third-order valence-electron chi connectivity index (χ3n) is 5.27. The van der Waals surface area contributed by atoms with Crippen molar-refractivity contribution in [2.24, 2.45) is 0 Å². The van der Waals surface area contributed by atoms with Crippen LogP contribution in [0, 0.1) is 0 Å². The minimum atomic E-state index is -0.427. The Morgan fingerprint density at radius 2 is 1.68 bits per heavy atom. The van der Waals surface area contributed by atoms with Crippen molar-refractivity contribution in [2.75, 3.05) is 32.8 Å². The summed E-state index contributed by atoms with van der Waals surface area (Å²) in [5, 5.41) is 13.7. The number of hydrogen-bond acceptors (Lipinski definition) is 4. The van der Waals surface area contributed by atoms with Gasteiger partial charge in [0.2, 0.25) is 0 Å². The van der Waals surface area contributed by atoms with Crippen molar-refractivity contribution < 1.29 is 9.84 Å². The molecule has 1 aliphatic rings. The lowest BCUT2D eigenvalue weighted by Crippen LogP contribution is -2.38. The molecule has 0 amide bonds. The Hall–Kier alpha value is -1.88. The third kappa shape index (κ3) is 7.63. The molecule has 4 nitrogen and oxygen atoms in total. The third-order valence-corrected chi connectivity index (χ3v) is 5.27. The monoisotopic (exact) mass is 382 g/mol. The second kappa shape index (κ2) is 11.8. The summed E-state index contributed by atoms with van der Waals surface area (Å²) in [7, 11) is 0. The minimum absolute atomic E-state index is 0.355. The minimum Gasteiger partial charge on any atom is -0.491 e. The molecule has 0 unspecified atom stereocenters. The zero-order valence-corrected chi connectivity index (χ0v) is 16.9. The van der Waals surface area contributed by atoms with E-state index in [2.05, 4.69) is 52.7 Å². The number of β-amino-alcohol motifs (C(OH)–C–C–N with tert-alkyl or cyclic N) is 1. The van der Waals surface area contributed by atoms with Crippen LogP contribution in [0.15, 0.2) is 54.6 Å². The van der Waals surface area contributed by atoms with Gasteiger partial charge in [0.15, 0.2) is 0 Å². The lowest BCUT2D eigenvalue weighted by molar-refractivity contribution is 0.0617. The van der Waals surface area contributed by atoms with Gasteiger partial charge in [0.25, 0.3) is 0 Å². The van der Waals surface area contributed by atoms with Crippen molar-refractivity contribution in [3.05, 3.63) is 65.7 Å². The highest BCUT2D eigenvalue weighted by molar-refractivity contribution is 5.27. The van der Waals surface area contributed by atoms with Gasteiger partial charge in [0, 0.05) is 13.1 Å². The SMILES string of the molecule is O[C@@H](COc1ccc(CNCCCc2ccccc2)cc1)CN1CCCCC1. The molecule has 152 valence electrons. The van der Waals surface area contributed by atoms with Gasteiger partial charge in [0.1, 0.15) is 18.5 Å². The highest BCUT2D eigenvalue weighted by Crippen LogP contribution is 2.14. The topological polar surface area (TPSA) is 44.7 Å². The second-order valence-corrected chi connectivity index (χ2v) is 7.74. The summed E-state index contributed by atoms with van der Waals surface area (Å²) >= 11 is 0. The maximum atomic E-state index is 10.2. The zero-order valence-electron chi connectivity index (χ0n) is 16.9. The summed E-state index contributed by atoms with van der Waals surface area (Å²) in [5.41, 5.74) is 2.65. The van der Waals surface area contributed by atoms with Gasteiger partial charge in [-0.05, 0) is 68.6 Å². The fourth-order valence-electron chi connectivity index (χ4n) is 3.68. The van der Waals surface area contributed by atoms with Crippen LogP contribution in [-0.2, 0) is 13.0 Å². The van der Waals surface area contributed by atoms with Gasteiger partial charge in [-0.3, -0.25) is 0 Å². The van der Waals surface area contributed by atoms with Gasteiger partial charge in [0.05, 0.1) is 0 Å². The Kier molecular flexibility index (Phi) is 8.82. The molecule has 2 aromatic rings. The molecule has 0 saturated carbocycles. The lowest BCUT2D eigenvalue weighted by Gasteiger charge is -2.28. The van der Waals surface area contributed by atoms with E-state index in [-0.39, 0.29) is 0 Å². The summed E-state index contributed by atoms with van der Waals surface area (Å²) < 4.78 is 5.76. The molecule has 1 fully saturated rings. The van der Waals surface area contributed by atoms with Crippen molar-refractivity contribution >= 4 is 0 Å². The van der Waals surface area contributed by atoms with Gasteiger partial charge >= 0.3 is 0 Å². The quantitative estimate of drug-likeness (QED) is 0.583. The Labute approximate surface area is 169 Å². The van der Waals surface area contributed by atoms with E-state index >= 15 is 0 Å². The van der Waals surface area contributed by atoms with Gasteiger partial charge < -0.3 is 20.1 Å². The Morgan fingerprint density at radius 3 is 2.43 bits per heavy atom. The van der Waals surface area contributed by atoms with E-state index in [0.717, 1.165) is 44.8 Å². The van der Waals surface area contributed by atoms with E-state index in [1.165, 1.54) is 30.4 Å². The number of nitrogens with one attached hydrogen (secondary N) is 1. The van der Waals surface area contributed by atoms with Crippen LogP contribution in [0.2, 0.25) is 0 Å². The van der Waals surface area contributed by atoms with E-state index < -0.39 is 6.10 Å². The standard InChI is InChI=1S/C24H34N2O2/c27-23(19-26-16-5-2-6-17-26)20-28-24-13-11-22(12-14-24)18-25-15-7-10-21-8-3-1-4-9-21/h1,3-4,8-9,11-14,23,25,27H,2,5-7,10,15-20H2/t23-/m1/s1. The first kappa shape index (κ1) is 20.8. The fraction of sp³-hybridized carbons (Fsp3) is 0.500. The molecule has 1 heterocycles. The van der Waals surface area contributed by atoms with Gasteiger partial charge in [-0.25, -0.2) is 0 Å². The molecule has 0 aromatic heterocycles. The van der Waals surface area contributed by atoms with Crippen molar-refractivity contribution in [3.63, 3.8) is 0 Å². The van der Waals surface area contributed by atoms with Gasteiger partial charge in [-0.1, -0.05) is 48.9 Å². The maximum absolute atomic E-state index is 10.2. The average molecular weight is 383 g/mol. The largest absolute Gasteiger partial charge is 0.491 e. The molecule has 0 bridgehead atoms. The molecular formula is C24H34N2O2. The summed E-state index contributed by atoms with van der Waals surface area (Å²) in [5.74, 6) is 0.825. The normalized spacial score (nSPS) is 16.0. The first-order valence-electron chi connectivity index (χ1n) is 10.7. The number of aryl methyl sites for hydroxylation is 1. The number of ether oxygens (including phenoxy) is 1. The summed E-state index contributed by atoms with van der Waals surface area (Å²) in [6, 6.07) is 18.8. The van der Waals surface area contributed by atoms with Crippen molar-refractivity contribution in [1.82, 2.24) is 10.2 Å². The predicted molar refractivity (Wildman–Crippen MR) is 115 cm³/mol. The number of piperidine rings is 1. The molecule has 1 aliphatic heterocycles. The maximum Gasteiger partial charge on any atom is 0.119 e.